The quantitative estimate of drug-likeness (QED) is 0.575. The number of rotatable bonds is 2. The number of aromatic nitrogens is 4. The van der Waals surface area contributed by atoms with Crippen molar-refractivity contribution in [1.82, 2.24) is 20.6 Å². The summed E-state index contributed by atoms with van der Waals surface area (Å²) in [4.78, 5) is 3.71. The van der Waals surface area contributed by atoms with Gasteiger partial charge in [0.05, 0.1) is 0 Å². The summed E-state index contributed by atoms with van der Waals surface area (Å²) in [7, 11) is 0. The monoisotopic (exact) mass is 216 g/mol. The van der Waals surface area contributed by atoms with Crippen molar-refractivity contribution in [3.8, 4) is 0 Å². The molecule has 6 nitrogen and oxygen atoms in total. The summed E-state index contributed by atoms with van der Waals surface area (Å²) in [5.74, 6) is -0.326. The summed E-state index contributed by atoms with van der Waals surface area (Å²) in [5, 5.41) is 24.4. The molecule has 1 N–H and O–H groups in total. The molecule has 1 heterocycles. The minimum atomic E-state index is -0.371. The van der Waals surface area contributed by atoms with E-state index in [2.05, 4.69) is 25.6 Å². The Morgan fingerprint density at radius 1 is 1.31 bits per heavy atom. The molecule has 16 heavy (non-hydrogen) atoms. The molecule has 1 aromatic heterocycles. The Morgan fingerprint density at radius 3 is 2.75 bits per heavy atom. The second-order valence-corrected chi connectivity index (χ2v) is 3.43. The van der Waals surface area contributed by atoms with E-state index in [0.717, 1.165) is 11.1 Å². The molecule has 1 aromatic carbocycles. The maximum Gasteiger partial charge on any atom is 0.288 e. The van der Waals surface area contributed by atoms with E-state index in [1.54, 1.807) is 12.1 Å². The number of hydrogen-bond donors (Lipinski definition) is 1. The topological polar surface area (TPSA) is 89.9 Å². The highest BCUT2D eigenvalue weighted by Crippen LogP contribution is 2.10. The Kier molecular flexibility index (Phi) is 2.63. The third kappa shape index (κ3) is 2.05. The van der Waals surface area contributed by atoms with Crippen LogP contribution in [0.2, 0.25) is 0 Å². The van der Waals surface area contributed by atoms with Gasteiger partial charge in [0.2, 0.25) is 0 Å². The molecule has 0 fully saturated rings. The van der Waals surface area contributed by atoms with Gasteiger partial charge in [-0.15, -0.1) is 5.10 Å². The van der Waals surface area contributed by atoms with Gasteiger partial charge in [-0.1, -0.05) is 23.3 Å². The summed E-state index contributed by atoms with van der Waals surface area (Å²) < 4.78 is 0. The number of hydrogen-bond acceptors (Lipinski definition) is 5. The van der Waals surface area contributed by atoms with E-state index >= 15 is 0 Å². The average molecular weight is 216 g/mol. The molecule has 82 valence electrons. The zero-order valence-corrected chi connectivity index (χ0v) is 8.93. The average Bonchev–Trinajstić information content (AvgIpc) is 2.74. The van der Waals surface area contributed by atoms with Crippen LogP contribution in [0, 0.1) is 13.8 Å². The fourth-order valence-electron chi connectivity index (χ4n) is 1.23. The molecule has 0 unspecified atom stereocenters. The summed E-state index contributed by atoms with van der Waals surface area (Å²) in [6.45, 7) is 3.93. The van der Waals surface area contributed by atoms with E-state index in [0.29, 0.717) is 5.56 Å². The predicted octanol–water partition coefficient (Wildman–Crippen LogP) is 0.255. The summed E-state index contributed by atoms with van der Waals surface area (Å²) in [5.41, 5.74) is 2.71. The fraction of sp³-hybridized carbons (Fsp3) is 0.200. The van der Waals surface area contributed by atoms with Crippen LogP contribution in [0.15, 0.2) is 23.2 Å². The number of aliphatic imine (C=N–C) groups is 1. The van der Waals surface area contributed by atoms with Crippen LogP contribution in [0.4, 0.5) is 5.95 Å². The molecule has 0 saturated heterocycles. The smallest absolute Gasteiger partial charge is 0.288 e. The first-order valence-electron chi connectivity index (χ1n) is 4.73. The molecule has 0 amide bonds. The molecule has 0 radical (unpaired) electrons. The lowest BCUT2D eigenvalue weighted by atomic mass is 10.1. The molecular weight excluding hydrogens is 206 g/mol. The van der Waals surface area contributed by atoms with E-state index in [1.165, 1.54) is 0 Å². The standard InChI is InChI=1S/C10H11N5O/c1-6-3-4-8(5-7(6)2)9(16)11-10-12-14-15-13-10/h3-5H,1-2H3,(H2,11,12,13,14,15,16)/p-1. The van der Waals surface area contributed by atoms with Crippen molar-refractivity contribution in [2.75, 3.05) is 0 Å². The van der Waals surface area contributed by atoms with Crippen molar-refractivity contribution in [1.29, 1.82) is 0 Å². The van der Waals surface area contributed by atoms with Crippen molar-refractivity contribution in [3.63, 3.8) is 0 Å². The van der Waals surface area contributed by atoms with Gasteiger partial charge in [-0.3, -0.25) is 0 Å². The van der Waals surface area contributed by atoms with Gasteiger partial charge in [0, 0.05) is 0 Å². The number of tetrazole rings is 1. The summed E-state index contributed by atoms with van der Waals surface area (Å²) in [6, 6.07) is 5.41. The van der Waals surface area contributed by atoms with Gasteiger partial charge in [0.1, 0.15) is 0 Å². The van der Waals surface area contributed by atoms with Gasteiger partial charge >= 0.3 is 0 Å². The zero-order chi connectivity index (χ0) is 11.5. The van der Waals surface area contributed by atoms with Gasteiger partial charge in [-0.2, -0.15) is 5.21 Å². The van der Waals surface area contributed by atoms with Crippen LogP contribution in [0.1, 0.15) is 16.7 Å². The van der Waals surface area contributed by atoms with Gasteiger partial charge in [-0.05, 0) is 41.6 Å². The first kappa shape index (κ1) is 10.3. The third-order valence-electron chi connectivity index (χ3n) is 2.29. The third-order valence-corrected chi connectivity index (χ3v) is 2.29. The van der Waals surface area contributed by atoms with Gasteiger partial charge in [0.25, 0.3) is 5.95 Å². The minimum Gasteiger partial charge on any atom is -0.858 e. The molecule has 2 aromatic rings. The minimum absolute atomic E-state index is 0.0447. The number of benzene rings is 1. The highest BCUT2D eigenvalue weighted by Gasteiger charge is 1.98. The molecular formula is C10H10N5O-. The van der Waals surface area contributed by atoms with E-state index in [-0.39, 0.29) is 11.8 Å². The van der Waals surface area contributed by atoms with Crippen molar-refractivity contribution in [2.45, 2.75) is 13.8 Å². The van der Waals surface area contributed by atoms with Crippen molar-refractivity contribution < 1.29 is 5.11 Å². The number of aromatic amines is 1. The van der Waals surface area contributed by atoms with E-state index in [9.17, 15) is 5.11 Å². The predicted molar refractivity (Wildman–Crippen MR) is 56.3 cm³/mol. The van der Waals surface area contributed by atoms with Crippen molar-refractivity contribution in [2.24, 2.45) is 4.99 Å². The molecule has 2 rings (SSSR count). The second kappa shape index (κ2) is 4.09. The van der Waals surface area contributed by atoms with Crippen LogP contribution < -0.4 is 5.11 Å². The van der Waals surface area contributed by atoms with E-state index in [1.807, 2.05) is 19.9 Å². The first-order valence-corrected chi connectivity index (χ1v) is 4.73. The van der Waals surface area contributed by atoms with Gasteiger partial charge < -0.3 is 5.11 Å². The van der Waals surface area contributed by atoms with Crippen molar-refractivity contribution in [3.05, 3.63) is 34.9 Å². The van der Waals surface area contributed by atoms with Gasteiger partial charge in [-0.25, -0.2) is 4.99 Å². The van der Waals surface area contributed by atoms with Crippen LogP contribution >= 0.6 is 0 Å². The van der Waals surface area contributed by atoms with Crippen molar-refractivity contribution >= 4 is 11.8 Å². The molecule has 0 bridgehead atoms. The summed E-state index contributed by atoms with van der Waals surface area (Å²) in [6.07, 6.45) is 0. The maximum absolute atomic E-state index is 11.7. The molecule has 0 saturated carbocycles. The molecule has 0 spiro atoms. The van der Waals surface area contributed by atoms with Crippen LogP contribution in [0.3, 0.4) is 0 Å². The number of H-pyrrole nitrogens is 1. The highest BCUT2D eigenvalue weighted by atomic mass is 16.3. The zero-order valence-electron chi connectivity index (χ0n) is 8.93. The van der Waals surface area contributed by atoms with Gasteiger partial charge in [0.15, 0.2) is 0 Å². The Morgan fingerprint density at radius 2 is 2.12 bits per heavy atom. The lowest BCUT2D eigenvalue weighted by Gasteiger charge is -2.11. The molecule has 0 atom stereocenters. The Labute approximate surface area is 92.0 Å². The number of nitrogens with zero attached hydrogens (tertiary/aromatic N) is 4. The fourth-order valence-corrected chi connectivity index (χ4v) is 1.23. The highest BCUT2D eigenvalue weighted by molar-refractivity contribution is 5.92. The SMILES string of the molecule is Cc1ccc(C([O-])=Nc2nn[nH]n2)cc1C. The maximum atomic E-state index is 11.7. The Hall–Kier alpha value is -2.24. The van der Waals surface area contributed by atoms with Crippen LogP contribution in [-0.4, -0.2) is 26.5 Å². The molecule has 6 heteroatoms. The normalized spacial score (nSPS) is 11.8. The lowest BCUT2D eigenvalue weighted by molar-refractivity contribution is -0.212. The molecule has 0 aliphatic rings. The number of nitrogens with one attached hydrogen (secondary N) is 1. The van der Waals surface area contributed by atoms with Crippen LogP contribution in [-0.2, 0) is 0 Å². The Balaban J connectivity index is 2.34. The van der Waals surface area contributed by atoms with E-state index < -0.39 is 0 Å². The Bertz CT molecular complexity index is 518. The molecule has 0 aliphatic carbocycles. The summed E-state index contributed by atoms with van der Waals surface area (Å²) >= 11 is 0. The number of aryl methyl sites for hydroxylation is 2. The van der Waals surface area contributed by atoms with Crippen LogP contribution in [0.5, 0.6) is 0 Å². The second-order valence-electron chi connectivity index (χ2n) is 3.43. The first-order chi connectivity index (χ1) is 7.66. The van der Waals surface area contributed by atoms with E-state index in [4.69, 9.17) is 0 Å². The largest absolute Gasteiger partial charge is 0.858 e. The van der Waals surface area contributed by atoms with Crippen LogP contribution in [0.25, 0.3) is 0 Å². The lowest BCUT2D eigenvalue weighted by Crippen LogP contribution is -2.18. The molecule has 0 aliphatic heterocycles.